The molecule has 2 fully saturated rings. The van der Waals surface area contributed by atoms with Crippen LogP contribution in [0.1, 0.15) is 58.4 Å². The van der Waals surface area contributed by atoms with E-state index in [9.17, 15) is 18.0 Å². The molecule has 0 saturated carbocycles. The summed E-state index contributed by atoms with van der Waals surface area (Å²) in [4.78, 5) is 27.2. The summed E-state index contributed by atoms with van der Waals surface area (Å²) in [6.45, 7) is 2.69. The van der Waals surface area contributed by atoms with Gasteiger partial charge in [0.05, 0.1) is 5.02 Å². The molecule has 2 amide bonds. The van der Waals surface area contributed by atoms with Gasteiger partial charge < -0.3 is 10.2 Å². The van der Waals surface area contributed by atoms with Gasteiger partial charge in [0, 0.05) is 43.9 Å². The number of nitrogens with zero attached hydrogens (tertiary/aromatic N) is 2. The minimum absolute atomic E-state index is 0.00550. The van der Waals surface area contributed by atoms with Gasteiger partial charge in [0.2, 0.25) is 10.0 Å². The first kappa shape index (κ1) is 23.7. The van der Waals surface area contributed by atoms with Crippen molar-refractivity contribution >= 4 is 33.4 Å². The lowest BCUT2D eigenvalue weighted by Gasteiger charge is -2.26. The molecular formula is C24H28ClN3O4S. The van der Waals surface area contributed by atoms with Crippen molar-refractivity contribution in [2.24, 2.45) is 0 Å². The minimum Gasteiger partial charge on any atom is -0.348 e. The summed E-state index contributed by atoms with van der Waals surface area (Å²) in [6, 6.07) is 11.5. The summed E-state index contributed by atoms with van der Waals surface area (Å²) in [7, 11) is -3.76. The largest absolute Gasteiger partial charge is 0.348 e. The molecule has 2 heterocycles. The standard InChI is InChI=1S/C24H28ClN3O4S/c25-21-10-9-19(16-22(21)33(31,32)28-13-2-1-3-14-28)23(29)26-17-18-7-6-8-20(15-18)24(30)27-11-4-5-12-27/h6-10,15-16H,1-5,11-14,17H2,(H,26,29). The van der Waals surface area contributed by atoms with Crippen LogP contribution in [0.15, 0.2) is 47.4 Å². The first-order valence-electron chi connectivity index (χ1n) is 11.3. The van der Waals surface area contributed by atoms with Gasteiger partial charge in [-0.3, -0.25) is 9.59 Å². The Balaban J connectivity index is 1.45. The van der Waals surface area contributed by atoms with Gasteiger partial charge in [-0.1, -0.05) is 30.2 Å². The summed E-state index contributed by atoms with van der Waals surface area (Å²) < 4.78 is 27.5. The van der Waals surface area contributed by atoms with Crippen LogP contribution in [-0.2, 0) is 16.6 Å². The molecule has 2 aromatic rings. The Morgan fingerprint density at radius 2 is 1.58 bits per heavy atom. The topological polar surface area (TPSA) is 86.8 Å². The number of amides is 2. The molecule has 0 bridgehead atoms. The SMILES string of the molecule is O=C(NCc1cccc(C(=O)N2CCCC2)c1)c1ccc(Cl)c(S(=O)(=O)N2CCCCC2)c1. The van der Waals surface area contributed by atoms with E-state index >= 15 is 0 Å². The predicted octanol–water partition coefficient (Wildman–Crippen LogP) is 3.68. The molecule has 0 radical (unpaired) electrons. The van der Waals surface area contributed by atoms with Gasteiger partial charge in [0.25, 0.3) is 11.8 Å². The zero-order valence-electron chi connectivity index (χ0n) is 18.4. The van der Waals surface area contributed by atoms with Crippen molar-refractivity contribution in [1.29, 1.82) is 0 Å². The van der Waals surface area contributed by atoms with Gasteiger partial charge >= 0.3 is 0 Å². The van der Waals surface area contributed by atoms with Crippen LogP contribution in [-0.4, -0.2) is 55.6 Å². The summed E-state index contributed by atoms with van der Waals surface area (Å²) in [5, 5.41) is 2.92. The van der Waals surface area contributed by atoms with Crippen molar-refractivity contribution in [1.82, 2.24) is 14.5 Å². The number of nitrogens with one attached hydrogen (secondary N) is 1. The first-order chi connectivity index (χ1) is 15.9. The first-order valence-corrected chi connectivity index (χ1v) is 13.1. The number of hydrogen-bond acceptors (Lipinski definition) is 4. The summed E-state index contributed by atoms with van der Waals surface area (Å²) in [5.41, 5.74) is 1.62. The lowest BCUT2D eigenvalue weighted by Crippen LogP contribution is -2.36. The monoisotopic (exact) mass is 489 g/mol. The summed E-state index contributed by atoms with van der Waals surface area (Å²) >= 11 is 6.21. The number of rotatable bonds is 6. The highest BCUT2D eigenvalue weighted by Crippen LogP contribution is 2.28. The highest BCUT2D eigenvalue weighted by molar-refractivity contribution is 7.89. The number of carbonyl (C=O) groups is 2. The van der Waals surface area contributed by atoms with E-state index in [0.29, 0.717) is 18.7 Å². The van der Waals surface area contributed by atoms with Crippen molar-refractivity contribution < 1.29 is 18.0 Å². The predicted molar refractivity (Wildman–Crippen MR) is 127 cm³/mol. The fourth-order valence-electron chi connectivity index (χ4n) is 4.29. The molecule has 2 aromatic carbocycles. The molecule has 2 aliphatic heterocycles. The Morgan fingerprint density at radius 1 is 0.879 bits per heavy atom. The molecule has 2 saturated heterocycles. The van der Waals surface area contributed by atoms with Crippen LogP contribution in [0.25, 0.3) is 0 Å². The maximum Gasteiger partial charge on any atom is 0.253 e. The van der Waals surface area contributed by atoms with E-state index in [-0.39, 0.29) is 27.9 Å². The third-order valence-corrected chi connectivity index (χ3v) is 8.53. The van der Waals surface area contributed by atoms with Crippen LogP contribution in [0, 0.1) is 0 Å². The van der Waals surface area contributed by atoms with Gasteiger partial charge in [-0.2, -0.15) is 4.31 Å². The summed E-state index contributed by atoms with van der Waals surface area (Å²) in [6.07, 6.45) is 4.69. The molecule has 0 spiro atoms. The van der Waals surface area contributed by atoms with Crippen molar-refractivity contribution in [3.63, 3.8) is 0 Å². The summed E-state index contributed by atoms with van der Waals surface area (Å²) in [5.74, 6) is -0.399. The minimum atomic E-state index is -3.76. The number of carbonyl (C=O) groups excluding carboxylic acids is 2. The molecule has 9 heteroatoms. The third kappa shape index (κ3) is 5.39. The average molecular weight is 490 g/mol. The number of sulfonamides is 1. The van der Waals surface area contributed by atoms with Crippen LogP contribution in [0.2, 0.25) is 5.02 Å². The van der Waals surface area contributed by atoms with E-state index in [0.717, 1.165) is 50.8 Å². The lowest BCUT2D eigenvalue weighted by molar-refractivity contribution is 0.0792. The average Bonchev–Trinajstić information content (AvgIpc) is 3.38. The van der Waals surface area contributed by atoms with Crippen molar-refractivity contribution in [3.8, 4) is 0 Å². The molecule has 0 aliphatic carbocycles. The highest BCUT2D eigenvalue weighted by Gasteiger charge is 2.28. The van der Waals surface area contributed by atoms with Crippen molar-refractivity contribution in [2.75, 3.05) is 26.2 Å². The maximum atomic E-state index is 13.0. The van der Waals surface area contributed by atoms with Crippen molar-refractivity contribution in [3.05, 3.63) is 64.2 Å². The molecule has 7 nitrogen and oxygen atoms in total. The van der Waals surface area contributed by atoms with Crippen LogP contribution < -0.4 is 5.32 Å². The van der Waals surface area contributed by atoms with Gasteiger partial charge in [-0.05, 0) is 61.6 Å². The van der Waals surface area contributed by atoms with E-state index in [1.165, 1.54) is 22.5 Å². The molecule has 0 unspecified atom stereocenters. The van der Waals surface area contributed by atoms with Crippen LogP contribution in [0.3, 0.4) is 0 Å². The van der Waals surface area contributed by atoms with Gasteiger partial charge in [0.15, 0.2) is 0 Å². The van der Waals surface area contributed by atoms with Crippen LogP contribution >= 0.6 is 11.6 Å². The Bertz CT molecular complexity index is 1140. The molecule has 4 rings (SSSR count). The smallest absolute Gasteiger partial charge is 0.253 e. The quantitative estimate of drug-likeness (QED) is 0.670. The van der Waals surface area contributed by atoms with E-state index in [1.54, 1.807) is 18.2 Å². The third-order valence-electron chi connectivity index (χ3n) is 6.15. The second kappa shape index (κ2) is 10.2. The number of halogens is 1. The zero-order chi connectivity index (χ0) is 23.4. The molecule has 0 atom stereocenters. The molecule has 1 N–H and O–H groups in total. The molecule has 176 valence electrons. The van der Waals surface area contributed by atoms with E-state index < -0.39 is 15.9 Å². The Hall–Kier alpha value is -2.42. The number of likely N-dealkylation sites (tertiary alicyclic amines) is 1. The molecule has 2 aliphatic rings. The van der Waals surface area contributed by atoms with Crippen molar-refractivity contribution in [2.45, 2.75) is 43.5 Å². The fraction of sp³-hybridized carbons (Fsp3) is 0.417. The van der Waals surface area contributed by atoms with E-state index in [1.807, 2.05) is 11.0 Å². The normalized spacial score (nSPS) is 17.2. The Labute approximate surface area is 199 Å². The number of piperidine rings is 1. The number of benzene rings is 2. The Morgan fingerprint density at radius 3 is 2.30 bits per heavy atom. The van der Waals surface area contributed by atoms with Crippen LogP contribution in [0.4, 0.5) is 0 Å². The Kier molecular flexibility index (Phi) is 7.36. The molecule has 0 aromatic heterocycles. The molecule has 33 heavy (non-hydrogen) atoms. The second-order valence-electron chi connectivity index (χ2n) is 8.49. The van der Waals surface area contributed by atoms with E-state index in [2.05, 4.69) is 5.32 Å². The maximum absolute atomic E-state index is 13.0. The molecular weight excluding hydrogens is 462 g/mol. The van der Waals surface area contributed by atoms with Crippen LogP contribution in [0.5, 0.6) is 0 Å². The van der Waals surface area contributed by atoms with Gasteiger partial charge in [-0.15, -0.1) is 0 Å². The van der Waals surface area contributed by atoms with Gasteiger partial charge in [-0.25, -0.2) is 8.42 Å². The fourth-order valence-corrected chi connectivity index (χ4v) is 6.31. The van der Waals surface area contributed by atoms with E-state index in [4.69, 9.17) is 11.6 Å². The van der Waals surface area contributed by atoms with Gasteiger partial charge in [0.1, 0.15) is 4.90 Å². The number of hydrogen-bond donors (Lipinski definition) is 1. The second-order valence-corrected chi connectivity index (χ2v) is 10.8. The zero-order valence-corrected chi connectivity index (χ0v) is 20.0. The lowest BCUT2D eigenvalue weighted by atomic mass is 10.1. The highest BCUT2D eigenvalue weighted by atomic mass is 35.5.